The summed E-state index contributed by atoms with van der Waals surface area (Å²) in [5, 5.41) is 0.638. The van der Waals surface area contributed by atoms with Crippen LogP contribution < -0.4 is 0 Å². The summed E-state index contributed by atoms with van der Waals surface area (Å²) in [4.78, 5) is 4.30. The quantitative estimate of drug-likeness (QED) is 0.450. The molecule has 0 atom stereocenters. The van der Waals surface area contributed by atoms with Crippen molar-refractivity contribution in [2.45, 2.75) is 11.3 Å². The second-order valence-corrected chi connectivity index (χ2v) is 8.92. The zero-order chi connectivity index (χ0) is 21.0. The van der Waals surface area contributed by atoms with Crippen molar-refractivity contribution in [3.05, 3.63) is 108 Å². The van der Waals surface area contributed by atoms with Crippen LogP contribution in [0.3, 0.4) is 0 Å². The smallest absolute Gasteiger partial charge is 0.178 e. The van der Waals surface area contributed by atoms with Crippen LogP contribution in [0.2, 0.25) is 0 Å². The van der Waals surface area contributed by atoms with Crippen molar-refractivity contribution in [2.75, 3.05) is 5.75 Å². The molecule has 0 radical (unpaired) electrons. The van der Waals surface area contributed by atoms with Gasteiger partial charge in [-0.15, -0.1) is 0 Å². The molecule has 0 N–H and O–H groups in total. The third-order valence-corrected chi connectivity index (χ3v) is 6.52. The fourth-order valence-electron chi connectivity index (χ4n) is 3.19. The SMILES string of the molecule is O=S(=O)(CCc1ccnc2c(F)cccc12)c1ccc(C#Cc2ccccc2)cc1. The maximum absolute atomic E-state index is 13.9. The summed E-state index contributed by atoms with van der Waals surface area (Å²) in [5.74, 6) is 5.60. The van der Waals surface area contributed by atoms with Crippen molar-refractivity contribution in [3.8, 4) is 11.8 Å². The predicted octanol–water partition coefficient (Wildman–Crippen LogP) is 4.79. The zero-order valence-corrected chi connectivity index (χ0v) is 16.9. The number of benzene rings is 3. The first-order valence-corrected chi connectivity index (χ1v) is 11.1. The Morgan fingerprint density at radius 3 is 2.23 bits per heavy atom. The van der Waals surface area contributed by atoms with Gasteiger partial charge in [0.1, 0.15) is 11.3 Å². The van der Waals surface area contributed by atoms with Crippen LogP contribution in [0, 0.1) is 17.7 Å². The van der Waals surface area contributed by atoms with Gasteiger partial charge in [-0.3, -0.25) is 4.98 Å². The summed E-state index contributed by atoms with van der Waals surface area (Å²) in [7, 11) is -3.48. The van der Waals surface area contributed by atoms with Crippen molar-refractivity contribution in [3.63, 3.8) is 0 Å². The van der Waals surface area contributed by atoms with Crippen molar-refractivity contribution >= 4 is 20.7 Å². The number of hydrogen-bond donors (Lipinski definition) is 0. The third-order valence-electron chi connectivity index (χ3n) is 4.79. The highest BCUT2D eigenvalue weighted by atomic mass is 32.2. The van der Waals surface area contributed by atoms with E-state index in [1.54, 1.807) is 42.5 Å². The number of halogens is 1. The van der Waals surface area contributed by atoms with E-state index in [1.807, 2.05) is 30.3 Å². The zero-order valence-electron chi connectivity index (χ0n) is 16.0. The van der Waals surface area contributed by atoms with Gasteiger partial charge >= 0.3 is 0 Å². The molecular weight excluding hydrogens is 397 g/mol. The number of aryl methyl sites for hydroxylation is 1. The van der Waals surface area contributed by atoms with Crippen molar-refractivity contribution < 1.29 is 12.8 Å². The lowest BCUT2D eigenvalue weighted by atomic mass is 10.1. The molecule has 0 amide bonds. The van der Waals surface area contributed by atoms with Gasteiger partial charge in [0.05, 0.1) is 10.6 Å². The molecule has 0 aliphatic rings. The van der Waals surface area contributed by atoms with E-state index < -0.39 is 15.7 Å². The second kappa shape index (κ2) is 8.48. The summed E-state index contributed by atoms with van der Waals surface area (Å²) < 4.78 is 39.5. The van der Waals surface area contributed by atoms with E-state index in [0.717, 1.165) is 16.7 Å². The third kappa shape index (κ3) is 4.40. The normalized spacial score (nSPS) is 11.1. The Bertz CT molecular complexity index is 1350. The number of para-hydroxylation sites is 1. The van der Waals surface area contributed by atoms with Crippen LogP contribution in [0.15, 0.2) is 90.0 Å². The Morgan fingerprint density at radius 2 is 1.50 bits per heavy atom. The lowest BCUT2D eigenvalue weighted by Gasteiger charge is -2.08. The highest BCUT2D eigenvalue weighted by molar-refractivity contribution is 7.91. The number of nitrogens with zero attached hydrogens (tertiary/aromatic N) is 1. The van der Waals surface area contributed by atoms with Crippen LogP contribution >= 0.6 is 0 Å². The number of sulfone groups is 1. The first-order chi connectivity index (χ1) is 14.5. The predicted molar refractivity (Wildman–Crippen MR) is 116 cm³/mol. The van der Waals surface area contributed by atoms with E-state index in [2.05, 4.69) is 16.8 Å². The van der Waals surface area contributed by atoms with E-state index in [-0.39, 0.29) is 22.6 Å². The van der Waals surface area contributed by atoms with Crippen LogP contribution in [-0.2, 0) is 16.3 Å². The minimum Gasteiger partial charge on any atom is -0.253 e. The molecule has 30 heavy (non-hydrogen) atoms. The van der Waals surface area contributed by atoms with Crippen molar-refractivity contribution in [1.29, 1.82) is 0 Å². The van der Waals surface area contributed by atoms with Gasteiger partial charge in [0.15, 0.2) is 9.84 Å². The average molecular weight is 415 g/mol. The van der Waals surface area contributed by atoms with E-state index in [4.69, 9.17) is 0 Å². The lowest BCUT2D eigenvalue weighted by Crippen LogP contribution is -2.09. The van der Waals surface area contributed by atoms with Gasteiger partial charge in [0.2, 0.25) is 0 Å². The first-order valence-electron chi connectivity index (χ1n) is 9.45. The summed E-state index contributed by atoms with van der Waals surface area (Å²) >= 11 is 0. The van der Waals surface area contributed by atoms with Crippen LogP contribution in [0.25, 0.3) is 10.9 Å². The van der Waals surface area contributed by atoms with Crippen LogP contribution in [-0.4, -0.2) is 19.2 Å². The first kappa shape index (κ1) is 19.8. The number of pyridine rings is 1. The van der Waals surface area contributed by atoms with Gasteiger partial charge in [-0.25, -0.2) is 12.8 Å². The van der Waals surface area contributed by atoms with Gasteiger partial charge in [0, 0.05) is 22.7 Å². The molecule has 0 bridgehead atoms. The largest absolute Gasteiger partial charge is 0.253 e. The van der Waals surface area contributed by atoms with E-state index in [0.29, 0.717) is 5.39 Å². The Kier molecular flexibility index (Phi) is 5.60. The summed E-state index contributed by atoms with van der Waals surface area (Å²) in [6.07, 6.45) is 1.79. The maximum Gasteiger partial charge on any atom is 0.178 e. The van der Waals surface area contributed by atoms with E-state index in [9.17, 15) is 12.8 Å². The molecule has 4 aromatic rings. The Balaban J connectivity index is 1.51. The molecule has 0 saturated carbocycles. The summed E-state index contributed by atoms with van der Waals surface area (Å²) in [5.41, 5.74) is 2.66. The number of hydrogen-bond acceptors (Lipinski definition) is 3. The maximum atomic E-state index is 13.9. The van der Waals surface area contributed by atoms with Gasteiger partial charge < -0.3 is 0 Å². The molecule has 0 aliphatic carbocycles. The van der Waals surface area contributed by atoms with Crippen molar-refractivity contribution in [1.82, 2.24) is 4.98 Å². The fraction of sp³-hybridized carbons (Fsp3) is 0.0800. The fourth-order valence-corrected chi connectivity index (χ4v) is 4.46. The van der Waals surface area contributed by atoms with Gasteiger partial charge in [-0.1, -0.05) is 42.2 Å². The number of fused-ring (bicyclic) bond motifs is 1. The Labute approximate surface area is 175 Å². The standard InChI is InChI=1S/C25H18FNO2S/c26-24-8-4-7-23-21(15-17-27-25(23)24)16-18-30(28,29)22-13-11-20(12-14-22)10-9-19-5-2-1-3-6-19/h1-8,11-15,17H,16,18H2. The molecule has 5 heteroatoms. The molecule has 1 heterocycles. The molecule has 0 unspecified atom stereocenters. The molecule has 0 aliphatic heterocycles. The molecule has 0 spiro atoms. The van der Waals surface area contributed by atoms with E-state index in [1.165, 1.54) is 12.3 Å². The summed E-state index contributed by atoms with van der Waals surface area (Å²) in [6, 6.07) is 22.6. The monoisotopic (exact) mass is 415 g/mol. The molecule has 4 rings (SSSR count). The molecular formula is C25H18FNO2S. The van der Waals surface area contributed by atoms with Gasteiger partial charge in [-0.2, -0.15) is 0 Å². The van der Waals surface area contributed by atoms with Crippen LogP contribution in [0.5, 0.6) is 0 Å². The Morgan fingerprint density at radius 1 is 0.800 bits per heavy atom. The second-order valence-electron chi connectivity index (χ2n) is 6.82. The molecule has 0 fully saturated rings. The number of rotatable bonds is 4. The Hall–Kier alpha value is -3.49. The minimum atomic E-state index is -3.48. The minimum absolute atomic E-state index is 0.0718. The highest BCUT2D eigenvalue weighted by Crippen LogP contribution is 2.21. The molecule has 0 saturated heterocycles. The molecule has 3 aromatic carbocycles. The topological polar surface area (TPSA) is 47.0 Å². The van der Waals surface area contributed by atoms with Gasteiger partial charge in [0.25, 0.3) is 0 Å². The summed E-state index contributed by atoms with van der Waals surface area (Å²) in [6.45, 7) is 0. The number of aromatic nitrogens is 1. The van der Waals surface area contributed by atoms with Crippen LogP contribution in [0.4, 0.5) is 4.39 Å². The highest BCUT2D eigenvalue weighted by Gasteiger charge is 2.16. The lowest BCUT2D eigenvalue weighted by molar-refractivity contribution is 0.595. The molecule has 1 aromatic heterocycles. The molecule has 3 nitrogen and oxygen atoms in total. The van der Waals surface area contributed by atoms with E-state index >= 15 is 0 Å². The van der Waals surface area contributed by atoms with Crippen molar-refractivity contribution in [2.24, 2.45) is 0 Å². The van der Waals surface area contributed by atoms with Gasteiger partial charge in [-0.05, 0) is 60.5 Å². The average Bonchev–Trinajstić information content (AvgIpc) is 2.78. The van der Waals surface area contributed by atoms with Crippen LogP contribution in [0.1, 0.15) is 16.7 Å². The molecule has 148 valence electrons.